The zero-order valence-corrected chi connectivity index (χ0v) is 59.3. The molecule has 6 heterocycles. The van der Waals surface area contributed by atoms with Crippen LogP contribution in [0, 0.1) is 23.4 Å². The number of likely N-dealkylation sites (N-methyl/N-ethyl adjacent to an activating group) is 1. The number of nitrogens with one attached hydrogen (secondary N) is 3. The lowest BCUT2D eigenvalue weighted by molar-refractivity contribution is -0.171. The van der Waals surface area contributed by atoms with E-state index in [-0.39, 0.29) is 51.6 Å². The van der Waals surface area contributed by atoms with Gasteiger partial charge in [-0.1, -0.05) is 48.5 Å². The first-order valence-electron chi connectivity index (χ1n) is 34.7. The Kier molecular flexibility index (Phi) is 21.2. The molecule has 1 saturated heterocycles. The Labute approximate surface area is 613 Å². The van der Waals surface area contributed by atoms with Crippen molar-refractivity contribution in [2.75, 3.05) is 98.7 Å². The number of carbonyl (C=O) groups is 4. The summed E-state index contributed by atoms with van der Waals surface area (Å²) in [5, 5.41) is 12.5. The van der Waals surface area contributed by atoms with Gasteiger partial charge in [-0.3, -0.25) is 43.9 Å². The van der Waals surface area contributed by atoms with E-state index in [0.717, 1.165) is 81.3 Å². The van der Waals surface area contributed by atoms with E-state index in [2.05, 4.69) is 30.9 Å². The number of hydrazine groups is 1. The van der Waals surface area contributed by atoms with Crippen molar-refractivity contribution in [2.24, 2.45) is 5.92 Å². The highest BCUT2D eigenvalue weighted by atomic mass is 19.1. The highest BCUT2D eigenvalue weighted by Crippen LogP contribution is 2.44. The lowest BCUT2D eigenvalue weighted by Crippen LogP contribution is -2.60. The summed E-state index contributed by atoms with van der Waals surface area (Å²) in [4.78, 5) is 79.8. The molecule has 0 saturated carbocycles. The third-order valence-corrected chi connectivity index (χ3v) is 19.5. The number of ether oxygens (including phenoxy) is 9. The Balaban J connectivity index is 0.847. The maximum absolute atomic E-state index is 17.5. The SMILES string of the molecule is COc1cc2nccc(Oc3ccc(NC(=O)C(=O)N(CC4c5ccccc5CCN4C)N(CC4NCCc5ccccc54)C(=O)C(=O)N(c4ccc(Oc5ccnc6cc(OC)c(OC)cc56)c(F)c4)c4ccc(Oc5ccnc6cc(OCC7CCNCC7)c(OC)cc56)c(F)c4)cc3F)c2cc1OC. The average Bonchev–Trinajstić information content (AvgIpc) is 0.775. The second kappa shape index (κ2) is 31.6. The summed E-state index contributed by atoms with van der Waals surface area (Å²) in [5.41, 5.74) is 3.91. The zero-order chi connectivity index (χ0) is 74.4. The Bertz CT molecular complexity index is 5220. The van der Waals surface area contributed by atoms with Crippen LogP contribution in [0.2, 0.25) is 0 Å². The molecule has 4 amide bonds. The van der Waals surface area contributed by atoms with Crippen LogP contribution in [-0.4, -0.2) is 142 Å². The van der Waals surface area contributed by atoms with Crippen LogP contribution in [0.3, 0.4) is 0 Å². The molecule has 1 fully saturated rings. The number of piperidine rings is 1. The van der Waals surface area contributed by atoms with Crippen LogP contribution in [0.5, 0.6) is 69.0 Å². The van der Waals surface area contributed by atoms with Crippen molar-refractivity contribution in [1.82, 2.24) is 40.5 Å². The summed E-state index contributed by atoms with van der Waals surface area (Å²) in [7, 11) is 9.23. The van der Waals surface area contributed by atoms with Gasteiger partial charge in [0.25, 0.3) is 0 Å². The van der Waals surface area contributed by atoms with Crippen molar-refractivity contribution < 1.29 is 75.0 Å². The lowest BCUT2D eigenvalue weighted by atomic mass is 9.92. The molecule has 23 nitrogen and oxygen atoms in total. The first-order chi connectivity index (χ1) is 52.1. The molecule has 3 aromatic heterocycles. The smallest absolute Gasteiger partial charge is 0.331 e. The van der Waals surface area contributed by atoms with Gasteiger partial charge in [-0.15, -0.1) is 0 Å². The van der Waals surface area contributed by atoms with E-state index in [4.69, 9.17) is 42.6 Å². The number of fused-ring (bicyclic) bond motifs is 5. The number of carbonyl (C=O) groups excluding carboxylic acids is 4. The van der Waals surface area contributed by atoms with Crippen LogP contribution >= 0.6 is 0 Å². The number of hydrogen-bond donors (Lipinski definition) is 3. The normalized spacial score (nSPS) is 15.0. The van der Waals surface area contributed by atoms with Crippen molar-refractivity contribution in [2.45, 2.75) is 37.8 Å². The van der Waals surface area contributed by atoms with Gasteiger partial charge in [0.05, 0.1) is 95.3 Å². The van der Waals surface area contributed by atoms with E-state index in [1.165, 1.54) is 96.6 Å². The summed E-state index contributed by atoms with van der Waals surface area (Å²) in [5.74, 6) is -6.17. The number of aromatic nitrogens is 3. The van der Waals surface area contributed by atoms with Crippen LogP contribution in [0.1, 0.15) is 47.2 Å². The summed E-state index contributed by atoms with van der Waals surface area (Å²) < 4.78 is 104. The fourth-order valence-corrected chi connectivity index (χ4v) is 13.8. The third kappa shape index (κ3) is 15.1. The van der Waals surface area contributed by atoms with Crippen LogP contribution in [0.15, 0.2) is 176 Å². The molecule has 8 aromatic carbocycles. The summed E-state index contributed by atoms with van der Waals surface area (Å²) >= 11 is 0. The molecule has 107 heavy (non-hydrogen) atoms. The Hall–Kier alpha value is -12.3. The molecule has 0 radical (unpaired) electrons. The Morgan fingerprint density at radius 2 is 0.953 bits per heavy atom. The molecule has 0 bridgehead atoms. The molecule has 2 unspecified atom stereocenters. The van der Waals surface area contributed by atoms with Crippen LogP contribution in [0.25, 0.3) is 32.7 Å². The molecule has 3 N–H and O–H groups in total. The number of amides is 4. The van der Waals surface area contributed by atoms with Gasteiger partial charge >= 0.3 is 23.6 Å². The van der Waals surface area contributed by atoms with Gasteiger partial charge in [-0.05, 0) is 153 Å². The van der Waals surface area contributed by atoms with E-state index in [0.29, 0.717) is 106 Å². The topological polar surface area (TPSA) is 239 Å². The zero-order valence-electron chi connectivity index (χ0n) is 59.3. The number of benzene rings is 8. The number of hydrogen-bond acceptors (Lipinski definition) is 19. The second-order valence-electron chi connectivity index (χ2n) is 25.9. The van der Waals surface area contributed by atoms with E-state index in [1.807, 2.05) is 60.5 Å². The minimum Gasteiger partial charge on any atom is -0.493 e. The number of rotatable bonds is 21. The van der Waals surface area contributed by atoms with Crippen molar-refractivity contribution in [3.63, 3.8) is 0 Å². The number of methoxy groups -OCH3 is 5. The minimum atomic E-state index is -1.44. The van der Waals surface area contributed by atoms with Gasteiger partial charge in [-0.25, -0.2) is 23.2 Å². The van der Waals surface area contributed by atoms with E-state index in [9.17, 15) is 0 Å². The fraction of sp³-hybridized carbons (Fsp3) is 0.247. The number of halogens is 3. The molecule has 3 aliphatic heterocycles. The third-order valence-electron chi connectivity index (χ3n) is 19.5. The molecule has 14 rings (SSSR count). The van der Waals surface area contributed by atoms with Crippen LogP contribution in [-0.2, 0) is 32.0 Å². The van der Waals surface area contributed by atoms with Crippen molar-refractivity contribution in [3.8, 4) is 69.0 Å². The molecule has 26 heteroatoms. The molecule has 11 aromatic rings. The largest absolute Gasteiger partial charge is 0.493 e. The predicted octanol–water partition coefficient (Wildman–Crippen LogP) is 13.5. The maximum atomic E-state index is 17.5. The Morgan fingerprint density at radius 3 is 1.48 bits per heavy atom. The summed E-state index contributed by atoms with van der Waals surface area (Å²) in [6.07, 6.45) is 7.56. The molecular weight excluding hydrogens is 1380 g/mol. The maximum Gasteiger partial charge on any atom is 0.331 e. The molecule has 3 aliphatic rings. The van der Waals surface area contributed by atoms with Gasteiger partial charge < -0.3 is 58.6 Å². The van der Waals surface area contributed by atoms with Crippen LogP contribution < -0.4 is 63.5 Å². The quantitative estimate of drug-likeness (QED) is 0.0447. The van der Waals surface area contributed by atoms with E-state index >= 15 is 32.3 Å². The number of nitrogens with zero attached hydrogens (tertiary/aromatic N) is 7. The lowest BCUT2D eigenvalue weighted by Gasteiger charge is -2.43. The molecule has 0 aliphatic carbocycles. The van der Waals surface area contributed by atoms with Crippen molar-refractivity contribution in [1.29, 1.82) is 0 Å². The summed E-state index contributed by atoms with van der Waals surface area (Å²) in [6, 6.07) is 38.6. The fourth-order valence-electron chi connectivity index (χ4n) is 13.8. The number of pyridine rings is 3. The second-order valence-corrected chi connectivity index (χ2v) is 25.9. The summed E-state index contributed by atoms with van der Waals surface area (Å²) in [6.45, 7) is 2.24. The first kappa shape index (κ1) is 71.7. The van der Waals surface area contributed by atoms with Gasteiger partial charge in [0.1, 0.15) is 17.2 Å². The minimum absolute atomic E-state index is 0.161. The van der Waals surface area contributed by atoms with Crippen molar-refractivity contribution >= 4 is 73.4 Å². The highest BCUT2D eigenvalue weighted by Gasteiger charge is 2.42. The monoisotopic (exact) mass is 1450 g/mol. The number of anilines is 3. The molecular formula is C81H75F3N10O13. The van der Waals surface area contributed by atoms with Gasteiger partial charge in [0.2, 0.25) is 0 Å². The standard InChI is InChI=1S/C81H75F3N10O13/c1-91-34-27-49-12-8-10-14-54(49)65(91)45-93(79(96)78(95)90-50-15-18-69(58(82)35-50)105-66-24-31-86-61-41-75(102-5)72(99-2)38-55(61)66)92(44-64-53-13-9-7-11-48(53)23-30-89-64)80(97)81(98)94(51-16-19-70(59(83)36-51)106-67-25-32-87-62-42-76(103-6)73(100-3)39-56(62)67)52-17-20-71(60(84)37-52)107-68-26-33-88-63-43-77(74(101-4)40-57(63)68)104-46-47-21-28-85-29-22-47/h7-20,24-26,31-33,35-43,47,64-65,85,89H,21-23,27-30,34,44-46H2,1-6H3,(H,90,95). The molecule has 2 atom stereocenters. The average molecular weight is 1450 g/mol. The van der Waals surface area contributed by atoms with Gasteiger partial charge in [0, 0.05) is 83.4 Å². The Morgan fingerprint density at radius 1 is 0.486 bits per heavy atom. The molecule has 0 spiro atoms. The van der Waals surface area contributed by atoms with Crippen molar-refractivity contribution in [3.05, 3.63) is 216 Å². The predicted molar refractivity (Wildman–Crippen MR) is 394 cm³/mol. The highest BCUT2D eigenvalue weighted by molar-refractivity contribution is 6.43. The van der Waals surface area contributed by atoms with Crippen LogP contribution in [0.4, 0.5) is 30.2 Å². The molecule has 548 valence electrons. The van der Waals surface area contributed by atoms with E-state index in [1.54, 1.807) is 48.5 Å². The first-order valence-corrected chi connectivity index (χ1v) is 34.7. The van der Waals surface area contributed by atoms with Gasteiger partial charge in [-0.2, -0.15) is 0 Å². The van der Waals surface area contributed by atoms with E-state index < -0.39 is 66.3 Å². The van der Waals surface area contributed by atoms with Gasteiger partial charge in [0.15, 0.2) is 69.2 Å².